The SMILES string of the molecule is O=C(O)CNC(=O)CNc1ccc([N+](=O)[O-])cc1F. The molecule has 0 aromatic heterocycles. The first-order valence-corrected chi connectivity index (χ1v) is 5.06. The van der Waals surface area contributed by atoms with E-state index in [9.17, 15) is 24.1 Å². The van der Waals surface area contributed by atoms with Gasteiger partial charge in [0.05, 0.1) is 23.2 Å². The van der Waals surface area contributed by atoms with Gasteiger partial charge in [-0.2, -0.15) is 0 Å². The van der Waals surface area contributed by atoms with Gasteiger partial charge in [0, 0.05) is 6.07 Å². The van der Waals surface area contributed by atoms with E-state index in [-0.39, 0.29) is 12.2 Å². The van der Waals surface area contributed by atoms with Crippen LogP contribution in [0.1, 0.15) is 0 Å². The van der Waals surface area contributed by atoms with Crippen molar-refractivity contribution in [3.8, 4) is 0 Å². The second kappa shape index (κ2) is 6.28. The lowest BCUT2D eigenvalue weighted by Crippen LogP contribution is -2.33. The van der Waals surface area contributed by atoms with Gasteiger partial charge in [-0.15, -0.1) is 0 Å². The minimum absolute atomic E-state index is 0.0870. The molecule has 0 saturated heterocycles. The first kappa shape index (κ1) is 14.4. The van der Waals surface area contributed by atoms with E-state index in [0.717, 1.165) is 18.2 Å². The summed E-state index contributed by atoms with van der Waals surface area (Å²) in [5.74, 6) is -2.71. The number of carbonyl (C=O) groups is 2. The van der Waals surface area contributed by atoms with Crippen LogP contribution in [0.2, 0.25) is 0 Å². The predicted octanol–water partition coefficient (Wildman–Crippen LogP) is 0.347. The largest absolute Gasteiger partial charge is 0.480 e. The molecule has 9 heteroatoms. The fourth-order valence-corrected chi connectivity index (χ4v) is 1.17. The van der Waals surface area contributed by atoms with Crippen LogP contribution in [0.25, 0.3) is 0 Å². The number of nitro benzene ring substituents is 1. The molecule has 1 aromatic carbocycles. The van der Waals surface area contributed by atoms with Crippen molar-refractivity contribution in [2.45, 2.75) is 0 Å². The number of carboxylic acids is 1. The normalized spacial score (nSPS) is 9.74. The smallest absolute Gasteiger partial charge is 0.322 e. The Balaban J connectivity index is 2.56. The van der Waals surface area contributed by atoms with Gasteiger partial charge in [-0.1, -0.05) is 0 Å². The number of nitrogens with zero attached hydrogens (tertiary/aromatic N) is 1. The van der Waals surface area contributed by atoms with E-state index in [1.807, 2.05) is 0 Å². The molecule has 0 heterocycles. The Morgan fingerprint density at radius 3 is 2.58 bits per heavy atom. The topological polar surface area (TPSA) is 122 Å². The summed E-state index contributed by atoms with van der Waals surface area (Å²) in [6.45, 7) is -0.884. The number of rotatable bonds is 6. The predicted molar refractivity (Wildman–Crippen MR) is 62.2 cm³/mol. The van der Waals surface area contributed by atoms with E-state index in [1.54, 1.807) is 0 Å². The molecule has 1 aromatic rings. The highest BCUT2D eigenvalue weighted by Gasteiger charge is 2.11. The summed E-state index contributed by atoms with van der Waals surface area (Å²) < 4.78 is 13.4. The summed E-state index contributed by atoms with van der Waals surface area (Å²) in [5.41, 5.74) is -0.491. The number of amides is 1. The number of benzene rings is 1. The molecule has 0 spiro atoms. The fraction of sp³-hybridized carbons (Fsp3) is 0.200. The summed E-state index contributed by atoms with van der Waals surface area (Å²) in [4.78, 5) is 30.9. The summed E-state index contributed by atoms with van der Waals surface area (Å²) >= 11 is 0. The molecule has 0 radical (unpaired) electrons. The van der Waals surface area contributed by atoms with Crippen molar-refractivity contribution in [2.24, 2.45) is 0 Å². The minimum atomic E-state index is -1.20. The first-order valence-electron chi connectivity index (χ1n) is 5.06. The van der Waals surface area contributed by atoms with Gasteiger partial charge in [0.15, 0.2) is 5.82 Å². The van der Waals surface area contributed by atoms with Crippen molar-refractivity contribution in [2.75, 3.05) is 18.4 Å². The minimum Gasteiger partial charge on any atom is -0.480 e. The molecule has 102 valence electrons. The first-order chi connectivity index (χ1) is 8.90. The molecular weight excluding hydrogens is 261 g/mol. The van der Waals surface area contributed by atoms with E-state index in [0.29, 0.717) is 0 Å². The molecule has 3 N–H and O–H groups in total. The molecule has 0 bridgehead atoms. The van der Waals surface area contributed by atoms with Crippen molar-refractivity contribution in [3.05, 3.63) is 34.1 Å². The van der Waals surface area contributed by atoms with Crippen LogP contribution in [-0.4, -0.2) is 35.0 Å². The summed E-state index contributed by atoms with van der Waals surface area (Å²) in [7, 11) is 0. The van der Waals surface area contributed by atoms with Gasteiger partial charge in [0.25, 0.3) is 5.69 Å². The number of anilines is 1. The van der Waals surface area contributed by atoms with Gasteiger partial charge < -0.3 is 15.7 Å². The van der Waals surface area contributed by atoms with Gasteiger partial charge >= 0.3 is 5.97 Å². The highest BCUT2D eigenvalue weighted by molar-refractivity contribution is 5.84. The maximum Gasteiger partial charge on any atom is 0.322 e. The molecule has 8 nitrogen and oxygen atoms in total. The van der Waals surface area contributed by atoms with Crippen molar-refractivity contribution in [1.82, 2.24) is 5.32 Å². The molecule has 0 aliphatic carbocycles. The number of hydrogen-bond acceptors (Lipinski definition) is 5. The van der Waals surface area contributed by atoms with Crippen LogP contribution in [0.15, 0.2) is 18.2 Å². The summed E-state index contributed by atoms with van der Waals surface area (Å²) in [6.07, 6.45) is 0. The highest BCUT2D eigenvalue weighted by Crippen LogP contribution is 2.19. The average Bonchev–Trinajstić information content (AvgIpc) is 2.34. The third-order valence-corrected chi connectivity index (χ3v) is 2.04. The molecule has 19 heavy (non-hydrogen) atoms. The summed E-state index contributed by atoms with van der Waals surface area (Å²) in [6, 6.07) is 2.93. The van der Waals surface area contributed by atoms with Crippen LogP contribution in [-0.2, 0) is 9.59 Å². The number of nitro groups is 1. The molecule has 1 amide bonds. The van der Waals surface area contributed by atoms with E-state index >= 15 is 0 Å². The van der Waals surface area contributed by atoms with Crippen LogP contribution in [0.4, 0.5) is 15.8 Å². The van der Waals surface area contributed by atoms with Crippen LogP contribution in [0.5, 0.6) is 0 Å². The Kier molecular flexibility index (Phi) is 4.75. The number of aliphatic carboxylic acids is 1. The molecule has 0 fully saturated rings. The van der Waals surface area contributed by atoms with Crippen molar-refractivity contribution < 1.29 is 24.0 Å². The van der Waals surface area contributed by atoms with Gasteiger partial charge in [-0.3, -0.25) is 19.7 Å². The highest BCUT2D eigenvalue weighted by atomic mass is 19.1. The maximum atomic E-state index is 13.4. The van der Waals surface area contributed by atoms with Crippen LogP contribution in [0, 0.1) is 15.9 Å². The third-order valence-electron chi connectivity index (χ3n) is 2.04. The Morgan fingerprint density at radius 2 is 2.05 bits per heavy atom. The Hall–Kier alpha value is -2.71. The van der Waals surface area contributed by atoms with Crippen LogP contribution >= 0.6 is 0 Å². The number of hydrogen-bond donors (Lipinski definition) is 3. The van der Waals surface area contributed by atoms with Gasteiger partial charge in [0.1, 0.15) is 6.54 Å². The molecule has 0 unspecified atom stereocenters. The molecule has 0 aliphatic heterocycles. The quantitative estimate of drug-likeness (QED) is 0.507. The Morgan fingerprint density at radius 1 is 1.37 bits per heavy atom. The number of carbonyl (C=O) groups excluding carboxylic acids is 1. The number of non-ortho nitro benzene ring substituents is 1. The molecule has 1 rings (SSSR count). The van der Waals surface area contributed by atoms with Crippen molar-refractivity contribution in [1.29, 1.82) is 0 Å². The Bertz CT molecular complexity index is 520. The van der Waals surface area contributed by atoms with E-state index in [2.05, 4.69) is 10.6 Å². The zero-order valence-electron chi connectivity index (χ0n) is 9.55. The van der Waals surface area contributed by atoms with Crippen LogP contribution < -0.4 is 10.6 Å². The Labute approximate surface area is 106 Å². The number of carboxylic acid groups (broad SMARTS) is 1. The third kappa shape index (κ3) is 4.58. The zero-order valence-corrected chi connectivity index (χ0v) is 9.55. The van der Waals surface area contributed by atoms with Gasteiger partial charge in [-0.25, -0.2) is 4.39 Å². The monoisotopic (exact) mass is 271 g/mol. The lowest BCUT2D eigenvalue weighted by Gasteiger charge is -2.07. The van der Waals surface area contributed by atoms with E-state index < -0.39 is 34.8 Å². The molecule has 0 aliphatic rings. The standard InChI is InChI=1S/C10H10FN3O5/c11-7-3-6(14(18)19)1-2-8(7)12-4-9(15)13-5-10(16)17/h1-3,12H,4-5H2,(H,13,15)(H,16,17). The molecule has 0 atom stereocenters. The van der Waals surface area contributed by atoms with Crippen molar-refractivity contribution in [3.63, 3.8) is 0 Å². The molecule has 0 saturated carbocycles. The van der Waals surface area contributed by atoms with Crippen molar-refractivity contribution >= 4 is 23.3 Å². The zero-order chi connectivity index (χ0) is 14.4. The maximum absolute atomic E-state index is 13.4. The second-order valence-electron chi connectivity index (χ2n) is 3.45. The summed E-state index contributed by atoms with van der Waals surface area (Å²) in [5, 5.41) is 23.2. The van der Waals surface area contributed by atoms with Gasteiger partial charge in [0.2, 0.25) is 5.91 Å². The fourth-order valence-electron chi connectivity index (χ4n) is 1.17. The number of halogens is 1. The number of nitrogens with one attached hydrogen (secondary N) is 2. The van der Waals surface area contributed by atoms with E-state index in [1.165, 1.54) is 0 Å². The lowest BCUT2D eigenvalue weighted by molar-refractivity contribution is -0.385. The van der Waals surface area contributed by atoms with Gasteiger partial charge in [-0.05, 0) is 6.07 Å². The van der Waals surface area contributed by atoms with Crippen LogP contribution in [0.3, 0.4) is 0 Å². The second-order valence-corrected chi connectivity index (χ2v) is 3.45. The van der Waals surface area contributed by atoms with E-state index in [4.69, 9.17) is 5.11 Å². The lowest BCUT2D eigenvalue weighted by atomic mass is 10.2. The molecular formula is C10H10FN3O5. The average molecular weight is 271 g/mol.